The number of hydrogen-bond donors (Lipinski definition) is 2. The molecule has 0 aliphatic heterocycles. The molecule has 3 N–H and O–H groups in total. The molecule has 0 aliphatic rings. The molecule has 0 saturated heterocycles. The highest BCUT2D eigenvalue weighted by Gasteiger charge is 2.13. The first-order valence-corrected chi connectivity index (χ1v) is 7.73. The topological polar surface area (TPSA) is 117 Å². The Morgan fingerprint density at radius 3 is 2.71 bits per heavy atom. The predicted molar refractivity (Wildman–Crippen MR) is 91.8 cm³/mol. The van der Waals surface area contributed by atoms with Crippen molar-refractivity contribution in [2.24, 2.45) is 0 Å². The third-order valence-electron chi connectivity index (χ3n) is 3.83. The highest BCUT2D eigenvalue weighted by atomic mass is 16.1. The van der Waals surface area contributed by atoms with E-state index >= 15 is 0 Å². The van der Waals surface area contributed by atoms with Gasteiger partial charge in [0.05, 0.1) is 12.4 Å². The molecule has 0 aliphatic carbocycles. The molecule has 24 heavy (non-hydrogen) atoms. The zero-order chi connectivity index (χ0) is 17.3. The molecule has 0 amide bonds. The number of imidazole rings is 1. The second-order valence-corrected chi connectivity index (χ2v) is 5.91. The zero-order valence-electron chi connectivity index (χ0n) is 13.8. The monoisotopic (exact) mass is 328 g/mol. The lowest BCUT2D eigenvalue weighted by molar-refractivity contribution is 0.561. The molecule has 1 atom stereocenters. The van der Waals surface area contributed by atoms with Crippen LogP contribution in [0.5, 0.6) is 0 Å². The quantitative estimate of drug-likeness (QED) is 0.723. The van der Waals surface area contributed by atoms with Crippen molar-refractivity contribution in [2.75, 3.05) is 17.6 Å². The van der Waals surface area contributed by atoms with Crippen LogP contribution < -0.4 is 16.7 Å². The lowest BCUT2D eigenvalue weighted by Crippen LogP contribution is -2.25. The normalized spacial score (nSPS) is 12.7. The summed E-state index contributed by atoms with van der Waals surface area (Å²) in [4.78, 5) is 28.4. The van der Waals surface area contributed by atoms with Gasteiger partial charge in [0, 0.05) is 18.8 Å². The van der Waals surface area contributed by atoms with Crippen LogP contribution in [-0.4, -0.2) is 35.6 Å². The summed E-state index contributed by atoms with van der Waals surface area (Å²) >= 11 is 0. The van der Waals surface area contributed by atoms with Crippen LogP contribution in [0.15, 0.2) is 29.7 Å². The van der Waals surface area contributed by atoms with Crippen LogP contribution in [0, 0.1) is 0 Å². The largest absolute Gasteiger partial charge is 0.382 e. The van der Waals surface area contributed by atoms with Crippen molar-refractivity contribution in [3.05, 3.63) is 35.4 Å². The summed E-state index contributed by atoms with van der Waals surface area (Å²) in [5.74, 6) is 0.903. The van der Waals surface area contributed by atoms with Crippen LogP contribution in [0.2, 0.25) is 0 Å². The summed E-state index contributed by atoms with van der Waals surface area (Å²) in [6.07, 6.45) is 4.85. The molecule has 0 radical (unpaired) electrons. The van der Waals surface area contributed by atoms with Gasteiger partial charge in [-0.15, -0.1) is 0 Å². The van der Waals surface area contributed by atoms with Gasteiger partial charge in [0.1, 0.15) is 17.7 Å². The number of nitrogen functional groups attached to an aromatic ring is 1. The molecule has 0 aromatic carbocycles. The van der Waals surface area contributed by atoms with E-state index in [0.717, 1.165) is 0 Å². The highest BCUT2D eigenvalue weighted by Crippen LogP contribution is 2.18. The summed E-state index contributed by atoms with van der Waals surface area (Å²) < 4.78 is 3.49. The van der Waals surface area contributed by atoms with E-state index in [0.29, 0.717) is 29.3 Å². The molecule has 0 fully saturated rings. The van der Waals surface area contributed by atoms with Crippen molar-refractivity contribution in [3.63, 3.8) is 0 Å². The van der Waals surface area contributed by atoms with Gasteiger partial charge in [-0.1, -0.05) is 0 Å². The Labute approximate surface area is 138 Å². The van der Waals surface area contributed by atoms with Crippen molar-refractivity contribution in [1.29, 1.82) is 0 Å². The van der Waals surface area contributed by atoms with E-state index in [4.69, 9.17) is 5.73 Å². The van der Waals surface area contributed by atoms with Gasteiger partial charge in [0.15, 0.2) is 11.5 Å². The van der Waals surface area contributed by atoms with Crippen LogP contribution in [0.1, 0.15) is 32.9 Å². The van der Waals surface area contributed by atoms with Gasteiger partial charge >= 0.3 is 5.69 Å². The molecule has 1 unspecified atom stereocenters. The Kier molecular flexibility index (Phi) is 4.15. The number of nitrogens with one attached hydrogen (secondary N) is 1. The summed E-state index contributed by atoms with van der Waals surface area (Å²) in [6.45, 7) is 6.46. The molecule has 126 valence electrons. The molecule has 3 heterocycles. The van der Waals surface area contributed by atoms with Crippen LogP contribution in [0.25, 0.3) is 11.2 Å². The van der Waals surface area contributed by atoms with Gasteiger partial charge < -0.3 is 15.6 Å². The van der Waals surface area contributed by atoms with E-state index < -0.39 is 0 Å². The standard InChI is InChI=1S/C15H20N8O/c1-9(2)22-5-4-11(21-15(22)24)17-6-10(3)23-8-20-12-13(16)18-7-19-14(12)23/h4-5,7-10H,6H2,1-3H3,(H2,16,18,19)(H,17,21,24). The maximum absolute atomic E-state index is 11.9. The Bertz CT molecular complexity index is 913. The molecule has 0 bridgehead atoms. The van der Waals surface area contributed by atoms with Gasteiger partial charge in [-0.05, 0) is 26.8 Å². The molecule has 9 nitrogen and oxygen atoms in total. The van der Waals surface area contributed by atoms with Crippen LogP contribution >= 0.6 is 0 Å². The summed E-state index contributed by atoms with van der Waals surface area (Å²) in [5.41, 5.74) is 6.80. The fraction of sp³-hybridized carbons (Fsp3) is 0.400. The predicted octanol–water partition coefficient (Wildman–Crippen LogP) is 1.22. The number of nitrogens with zero attached hydrogens (tertiary/aromatic N) is 6. The summed E-state index contributed by atoms with van der Waals surface area (Å²) in [5, 5.41) is 3.17. The number of anilines is 2. The zero-order valence-corrected chi connectivity index (χ0v) is 13.8. The Morgan fingerprint density at radius 2 is 2.00 bits per heavy atom. The van der Waals surface area contributed by atoms with Gasteiger partial charge in [-0.3, -0.25) is 4.57 Å². The minimum atomic E-state index is -0.267. The minimum Gasteiger partial charge on any atom is -0.382 e. The van der Waals surface area contributed by atoms with E-state index in [1.165, 1.54) is 6.33 Å². The fourth-order valence-corrected chi connectivity index (χ4v) is 2.45. The third-order valence-corrected chi connectivity index (χ3v) is 3.83. The average Bonchev–Trinajstić information content (AvgIpc) is 2.98. The molecule has 3 aromatic heterocycles. The van der Waals surface area contributed by atoms with E-state index in [2.05, 4.69) is 25.3 Å². The first-order valence-electron chi connectivity index (χ1n) is 7.73. The lowest BCUT2D eigenvalue weighted by Gasteiger charge is -2.16. The molecular weight excluding hydrogens is 308 g/mol. The van der Waals surface area contributed by atoms with Crippen molar-refractivity contribution in [1.82, 2.24) is 29.1 Å². The molecule has 3 aromatic rings. The molecule has 9 heteroatoms. The SMILES string of the molecule is CC(C)n1ccc(NCC(C)n2cnc3c(N)ncnc32)nc1=O. The third kappa shape index (κ3) is 2.92. The first-order chi connectivity index (χ1) is 11.5. The van der Waals surface area contributed by atoms with Crippen molar-refractivity contribution in [2.45, 2.75) is 32.9 Å². The van der Waals surface area contributed by atoms with E-state index in [1.807, 2.05) is 25.3 Å². The molecular formula is C15H20N8O. The maximum atomic E-state index is 11.9. The van der Waals surface area contributed by atoms with E-state index in [-0.39, 0.29) is 17.8 Å². The molecule has 3 rings (SSSR count). The van der Waals surface area contributed by atoms with Crippen molar-refractivity contribution < 1.29 is 0 Å². The minimum absolute atomic E-state index is 0.0404. The second-order valence-electron chi connectivity index (χ2n) is 5.91. The second kappa shape index (κ2) is 6.26. The number of aromatic nitrogens is 6. The summed E-state index contributed by atoms with van der Waals surface area (Å²) in [7, 11) is 0. The van der Waals surface area contributed by atoms with Gasteiger partial charge in [-0.25, -0.2) is 19.7 Å². The van der Waals surface area contributed by atoms with Gasteiger partial charge in [0.25, 0.3) is 0 Å². The van der Waals surface area contributed by atoms with Crippen molar-refractivity contribution in [3.8, 4) is 0 Å². The van der Waals surface area contributed by atoms with Crippen LogP contribution in [0.3, 0.4) is 0 Å². The smallest absolute Gasteiger partial charge is 0.349 e. The molecule has 0 saturated carbocycles. The Balaban J connectivity index is 1.75. The van der Waals surface area contributed by atoms with Crippen LogP contribution in [0.4, 0.5) is 11.6 Å². The van der Waals surface area contributed by atoms with Gasteiger partial charge in [0.2, 0.25) is 0 Å². The first kappa shape index (κ1) is 15.9. The van der Waals surface area contributed by atoms with Crippen molar-refractivity contribution >= 4 is 22.8 Å². The lowest BCUT2D eigenvalue weighted by atomic mass is 10.3. The molecule has 0 spiro atoms. The Morgan fingerprint density at radius 1 is 1.21 bits per heavy atom. The number of rotatable bonds is 5. The summed E-state index contributed by atoms with van der Waals surface area (Å²) in [6, 6.07) is 1.92. The van der Waals surface area contributed by atoms with Crippen LogP contribution in [-0.2, 0) is 0 Å². The highest BCUT2D eigenvalue weighted by molar-refractivity contribution is 5.81. The fourth-order valence-electron chi connectivity index (χ4n) is 2.45. The van der Waals surface area contributed by atoms with E-state index in [1.54, 1.807) is 23.2 Å². The number of nitrogens with two attached hydrogens (primary N) is 1. The maximum Gasteiger partial charge on any atom is 0.349 e. The van der Waals surface area contributed by atoms with E-state index in [9.17, 15) is 4.79 Å². The van der Waals surface area contributed by atoms with Gasteiger partial charge in [-0.2, -0.15) is 4.98 Å². The Hall–Kier alpha value is -2.97. The average molecular weight is 328 g/mol. The number of hydrogen-bond acceptors (Lipinski definition) is 7. The number of fused-ring (bicyclic) bond motifs is 1.